The molecule has 282 valence electrons. The van der Waals surface area contributed by atoms with Crippen LogP contribution in [0.2, 0.25) is 0 Å². The van der Waals surface area contributed by atoms with E-state index in [2.05, 4.69) is 37.6 Å². The molecule has 0 bridgehead atoms. The van der Waals surface area contributed by atoms with Crippen molar-refractivity contribution >= 4 is 56.5 Å². The Hall–Kier alpha value is -5.45. The molecule has 0 radical (unpaired) electrons. The van der Waals surface area contributed by atoms with Crippen LogP contribution in [0.25, 0.3) is 0 Å². The first-order valence-corrected chi connectivity index (χ1v) is 19.5. The van der Waals surface area contributed by atoms with Gasteiger partial charge in [0, 0.05) is 18.4 Å². The number of hydrogen-bond acceptors (Lipinski definition) is 14. The van der Waals surface area contributed by atoms with E-state index in [1.807, 2.05) is 73.0 Å². The molecular weight excluding hydrogens is 749 g/mol. The third-order valence-electron chi connectivity index (χ3n) is 7.64. The van der Waals surface area contributed by atoms with Crippen LogP contribution in [0.1, 0.15) is 33.1 Å². The molecule has 3 aromatic carbocycles. The number of allylic oxidation sites excluding steroid dienone is 2. The average Bonchev–Trinajstić information content (AvgIpc) is 3.82. The third kappa shape index (κ3) is 11.5. The van der Waals surface area contributed by atoms with Gasteiger partial charge in [0.2, 0.25) is 22.1 Å². The van der Waals surface area contributed by atoms with Gasteiger partial charge in [-0.15, -0.1) is 32.2 Å². The van der Waals surface area contributed by atoms with E-state index in [0.29, 0.717) is 51.9 Å². The molecule has 0 aliphatic rings. The molecule has 0 aliphatic heterocycles. The van der Waals surface area contributed by atoms with Crippen LogP contribution in [-0.4, -0.2) is 73.0 Å². The molecule has 16 heteroatoms. The maximum atomic E-state index is 13.0. The summed E-state index contributed by atoms with van der Waals surface area (Å²) in [6, 6.07) is 18.7. The van der Waals surface area contributed by atoms with E-state index < -0.39 is 0 Å². The molecule has 2 N–H and O–H groups in total. The fraction of sp³-hybridized carbons (Fsp3) is 0.263. The standard InChI is InChI=1S/C38H40N6O7S3/c1-6-9-27(52-5)23-34(46)40-38-44-42-36(54-38)21-25-13-15-30(32(19-25)49-4)51-17-16-50-28-11-8-7-10-26(28)22-33(45)39-37-43-41-35(53-37)20-24-12-14-29(47-2)31(18-24)48-3/h6-15,18-19H,1,16-17,20-23H2,2-5H3,(H,39,43,45)(H,40,44,46)/b27-9-. The summed E-state index contributed by atoms with van der Waals surface area (Å²) >= 11 is 4.13. The zero-order valence-electron chi connectivity index (χ0n) is 30.2. The van der Waals surface area contributed by atoms with Crippen LogP contribution >= 0.6 is 34.4 Å². The summed E-state index contributed by atoms with van der Waals surface area (Å²) in [5.74, 6) is 2.58. The zero-order chi connectivity index (χ0) is 38.3. The van der Waals surface area contributed by atoms with Gasteiger partial charge in [0.05, 0.1) is 34.2 Å². The Morgan fingerprint density at radius 1 is 0.722 bits per heavy atom. The van der Waals surface area contributed by atoms with Crippen molar-refractivity contribution < 1.29 is 33.3 Å². The molecular formula is C38H40N6O7S3. The smallest absolute Gasteiger partial charge is 0.231 e. The van der Waals surface area contributed by atoms with Gasteiger partial charge >= 0.3 is 0 Å². The van der Waals surface area contributed by atoms with Crippen molar-refractivity contribution in [1.29, 1.82) is 0 Å². The average molecular weight is 789 g/mol. The van der Waals surface area contributed by atoms with Crippen LogP contribution < -0.4 is 34.3 Å². The largest absolute Gasteiger partial charge is 0.493 e. The van der Waals surface area contributed by atoms with E-state index in [1.165, 1.54) is 34.4 Å². The number of aromatic nitrogens is 4. The van der Waals surface area contributed by atoms with Crippen LogP contribution in [-0.2, 0) is 28.9 Å². The lowest BCUT2D eigenvalue weighted by molar-refractivity contribution is -0.116. The van der Waals surface area contributed by atoms with Crippen LogP contribution in [0.5, 0.6) is 28.7 Å². The summed E-state index contributed by atoms with van der Waals surface area (Å²) in [7, 11) is 4.76. The highest BCUT2D eigenvalue weighted by atomic mass is 32.2. The molecule has 2 aromatic heterocycles. The second-order valence-corrected chi connectivity index (χ2v) is 14.4. The summed E-state index contributed by atoms with van der Waals surface area (Å²) in [6.07, 6.45) is 6.76. The fourth-order valence-corrected chi connectivity index (χ4v) is 7.20. The number of anilines is 2. The molecule has 0 aliphatic carbocycles. The van der Waals surface area contributed by atoms with E-state index in [0.717, 1.165) is 31.6 Å². The van der Waals surface area contributed by atoms with E-state index in [4.69, 9.17) is 23.7 Å². The number of nitrogens with one attached hydrogen (secondary N) is 2. The van der Waals surface area contributed by atoms with E-state index in [-0.39, 0.29) is 37.9 Å². The number of carbonyl (C=O) groups excluding carboxylic acids is 2. The summed E-state index contributed by atoms with van der Waals surface area (Å²) in [5.41, 5.74) is 2.65. The van der Waals surface area contributed by atoms with E-state index in [1.54, 1.807) is 27.4 Å². The summed E-state index contributed by atoms with van der Waals surface area (Å²) < 4.78 is 28.3. The molecule has 0 saturated carbocycles. The van der Waals surface area contributed by atoms with Gasteiger partial charge in [-0.3, -0.25) is 9.59 Å². The number of nitrogens with zero attached hydrogens (tertiary/aromatic N) is 4. The van der Waals surface area contributed by atoms with Gasteiger partial charge in [-0.2, -0.15) is 0 Å². The summed E-state index contributed by atoms with van der Waals surface area (Å²) in [4.78, 5) is 26.3. The molecule has 5 aromatic rings. The maximum absolute atomic E-state index is 13.0. The Morgan fingerprint density at radius 3 is 1.87 bits per heavy atom. The topological polar surface area (TPSA) is 156 Å². The predicted octanol–water partition coefficient (Wildman–Crippen LogP) is 7.00. The number of amides is 2. The predicted molar refractivity (Wildman–Crippen MR) is 213 cm³/mol. The first-order valence-electron chi connectivity index (χ1n) is 16.6. The number of benzene rings is 3. The number of para-hydroxylation sites is 1. The van der Waals surface area contributed by atoms with Gasteiger partial charge in [0.25, 0.3) is 0 Å². The Balaban J connectivity index is 1.09. The molecule has 2 amide bonds. The van der Waals surface area contributed by atoms with Crippen molar-refractivity contribution in [1.82, 2.24) is 20.4 Å². The minimum atomic E-state index is -0.239. The second-order valence-electron chi connectivity index (χ2n) is 11.4. The number of hydrogen-bond donors (Lipinski definition) is 2. The van der Waals surface area contributed by atoms with Gasteiger partial charge in [0.1, 0.15) is 29.0 Å². The molecule has 5 rings (SSSR count). The van der Waals surface area contributed by atoms with Crippen molar-refractivity contribution in [3.05, 3.63) is 111 Å². The Bertz CT molecular complexity index is 2080. The lowest BCUT2D eigenvalue weighted by atomic mass is 10.1. The first-order chi connectivity index (χ1) is 26.3. The van der Waals surface area contributed by atoms with Gasteiger partial charge in [-0.05, 0) is 52.6 Å². The Morgan fingerprint density at radius 2 is 1.28 bits per heavy atom. The van der Waals surface area contributed by atoms with Crippen molar-refractivity contribution in [2.24, 2.45) is 0 Å². The zero-order valence-corrected chi connectivity index (χ0v) is 32.7. The minimum absolute atomic E-state index is 0.0887. The lowest BCUT2D eigenvalue weighted by Crippen LogP contribution is -2.16. The molecule has 0 fully saturated rings. The van der Waals surface area contributed by atoms with E-state index >= 15 is 0 Å². The Kier molecular flexibility index (Phi) is 14.8. The van der Waals surface area contributed by atoms with Gasteiger partial charge in [0.15, 0.2) is 23.0 Å². The van der Waals surface area contributed by atoms with Crippen LogP contribution in [0.4, 0.5) is 10.3 Å². The highest BCUT2D eigenvalue weighted by Crippen LogP contribution is 2.31. The number of ether oxygens (including phenoxy) is 5. The minimum Gasteiger partial charge on any atom is -0.493 e. The number of rotatable bonds is 20. The molecule has 0 saturated heterocycles. The molecule has 0 atom stereocenters. The van der Waals surface area contributed by atoms with Gasteiger partial charge in [-0.25, -0.2) is 0 Å². The normalized spacial score (nSPS) is 11.1. The van der Waals surface area contributed by atoms with Crippen molar-refractivity contribution in [2.45, 2.75) is 25.7 Å². The third-order valence-corrected chi connectivity index (χ3v) is 10.1. The second kappa shape index (κ2) is 20.1. The van der Waals surface area contributed by atoms with Crippen molar-refractivity contribution in [3.8, 4) is 28.7 Å². The SMILES string of the molecule is C=C/C=C(/CC(=O)Nc1nnc(Cc2ccc(OCCOc3ccccc3CC(=O)Nc3nnc(Cc4ccc(OC)c(OC)c4)s3)c(OC)c2)s1)SC. The maximum Gasteiger partial charge on any atom is 0.231 e. The van der Waals surface area contributed by atoms with Crippen molar-refractivity contribution in [3.63, 3.8) is 0 Å². The summed E-state index contributed by atoms with van der Waals surface area (Å²) in [5, 5.41) is 24.7. The summed E-state index contributed by atoms with van der Waals surface area (Å²) in [6.45, 7) is 4.16. The van der Waals surface area contributed by atoms with Gasteiger partial charge in [-0.1, -0.05) is 71.7 Å². The monoisotopic (exact) mass is 788 g/mol. The van der Waals surface area contributed by atoms with E-state index in [9.17, 15) is 9.59 Å². The van der Waals surface area contributed by atoms with Gasteiger partial charge < -0.3 is 34.3 Å². The highest BCUT2D eigenvalue weighted by Gasteiger charge is 2.15. The Labute approximate surface area is 325 Å². The molecule has 2 heterocycles. The molecule has 13 nitrogen and oxygen atoms in total. The first kappa shape index (κ1) is 39.8. The number of methoxy groups -OCH3 is 3. The van der Waals surface area contributed by atoms with Crippen LogP contribution in [0, 0.1) is 0 Å². The molecule has 0 unspecified atom stereocenters. The lowest BCUT2D eigenvalue weighted by Gasteiger charge is -2.14. The number of thioether (sulfide) groups is 1. The quantitative estimate of drug-likeness (QED) is 0.0616. The number of carbonyl (C=O) groups is 2. The van der Waals surface area contributed by atoms with Crippen LogP contribution in [0.3, 0.4) is 0 Å². The van der Waals surface area contributed by atoms with Crippen LogP contribution in [0.15, 0.2) is 84.3 Å². The van der Waals surface area contributed by atoms with Crippen molar-refractivity contribution in [2.75, 3.05) is 51.4 Å². The molecule has 54 heavy (non-hydrogen) atoms. The molecule has 0 spiro atoms. The fourth-order valence-electron chi connectivity index (χ4n) is 5.11. The highest BCUT2D eigenvalue weighted by molar-refractivity contribution is 8.02.